The molecule has 11 heteroatoms. The monoisotopic (exact) mass is 422 g/mol. The van der Waals surface area contributed by atoms with Crippen molar-refractivity contribution in [3.63, 3.8) is 0 Å². The van der Waals surface area contributed by atoms with Gasteiger partial charge in [-0.15, -0.1) is 11.3 Å². The van der Waals surface area contributed by atoms with Gasteiger partial charge < -0.3 is 15.4 Å². The van der Waals surface area contributed by atoms with Crippen molar-refractivity contribution >= 4 is 45.3 Å². The average Bonchev–Trinajstić information content (AvgIpc) is 3.22. The van der Waals surface area contributed by atoms with E-state index in [1.807, 2.05) is 5.32 Å². The number of thiocarbonyl (C=S) groups is 1. The van der Waals surface area contributed by atoms with Crippen LogP contribution in [0.4, 0.5) is 32.6 Å². The van der Waals surface area contributed by atoms with Crippen LogP contribution in [0.3, 0.4) is 0 Å². The lowest BCUT2D eigenvalue weighted by Crippen LogP contribution is -2.22. The molecule has 3 rings (SSSR count). The van der Waals surface area contributed by atoms with Crippen molar-refractivity contribution in [2.75, 3.05) is 17.7 Å². The van der Waals surface area contributed by atoms with E-state index in [9.17, 15) is 26.7 Å². The maximum atomic E-state index is 13.8. The molecule has 2 N–H and O–H groups in total. The topological polar surface area (TPSA) is 50.4 Å². The predicted molar refractivity (Wildman–Crippen MR) is 93.8 cm³/mol. The van der Waals surface area contributed by atoms with Gasteiger partial charge in [0.2, 0.25) is 5.82 Å². The number of halogens is 5. The zero-order valence-corrected chi connectivity index (χ0v) is 15.3. The number of ether oxygens (including phenoxy) is 1. The first-order valence-electron chi connectivity index (χ1n) is 7.58. The number of fused-ring (bicyclic) bond motifs is 1. The standard InChI is InChI=1S/C16H11F5N2O2S2/c1-25-15(24)7-5-3-2-4-6(5)27-14(7)23-16(26)22-13-11(20)9(18)8(17)10(19)12(13)21/h2-4H2,1H3,(H2,22,23,26). The van der Waals surface area contributed by atoms with E-state index in [0.29, 0.717) is 6.42 Å². The number of aryl methyl sites for hydroxylation is 1. The Morgan fingerprint density at radius 2 is 1.59 bits per heavy atom. The second-order valence-corrected chi connectivity index (χ2v) is 7.09. The Kier molecular flexibility index (Phi) is 5.33. The number of esters is 1. The van der Waals surface area contributed by atoms with Crippen LogP contribution < -0.4 is 10.6 Å². The van der Waals surface area contributed by atoms with Crippen molar-refractivity contribution in [3.05, 3.63) is 45.1 Å². The number of hydrogen-bond acceptors (Lipinski definition) is 4. The van der Waals surface area contributed by atoms with E-state index in [1.54, 1.807) is 0 Å². The summed E-state index contributed by atoms with van der Waals surface area (Å²) < 4.78 is 71.9. The summed E-state index contributed by atoms with van der Waals surface area (Å²) in [4.78, 5) is 13.0. The molecular formula is C16H11F5N2O2S2. The van der Waals surface area contributed by atoms with E-state index in [1.165, 1.54) is 18.4 Å². The first kappa shape index (κ1) is 19.5. The number of nitrogens with one attached hydrogen (secondary N) is 2. The minimum atomic E-state index is -2.27. The Morgan fingerprint density at radius 1 is 1.00 bits per heavy atom. The third-order valence-electron chi connectivity index (χ3n) is 3.99. The Balaban J connectivity index is 1.89. The van der Waals surface area contributed by atoms with Crippen LogP contribution in [0.1, 0.15) is 27.2 Å². The van der Waals surface area contributed by atoms with Gasteiger partial charge in [0.05, 0.1) is 12.7 Å². The van der Waals surface area contributed by atoms with E-state index < -0.39 is 45.9 Å². The molecule has 0 atom stereocenters. The Morgan fingerprint density at radius 3 is 2.19 bits per heavy atom. The fraction of sp³-hybridized carbons (Fsp3) is 0.250. The maximum Gasteiger partial charge on any atom is 0.341 e. The number of carbonyl (C=O) groups excluding carboxylic acids is 1. The maximum absolute atomic E-state index is 13.8. The number of thiophene rings is 1. The summed E-state index contributed by atoms with van der Waals surface area (Å²) in [5.41, 5.74) is -0.238. The van der Waals surface area contributed by atoms with Gasteiger partial charge in [-0.05, 0) is 37.0 Å². The van der Waals surface area contributed by atoms with E-state index in [2.05, 4.69) is 5.32 Å². The third kappa shape index (κ3) is 3.36. The van der Waals surface area contributed by atoms with E-state index in [0.717, 1.165) is 23.3 Å². The average molecular weight is 422 g/mol. The third-order valence-corrected chi connectivity index (χ3v) is 5.40. The van der Waals surface area contributed by atoms with Gasteiger partial charge in [-0.1, -0.05) is 0 Å². The molecule has 0 bridgehead atoms. The minimum Gasteiger partial charge on any atom is -0.465 e. The van der Waals surface area contributed by atoms with E-state index >= 15 is 0 Å². The molecule has 2 aromatic rings. The van der Waals surface area contributed by atoms with Crippen LogP contribution in [0.25, 0.3) is 0 Å². The van der Waals surface area contributed by atoms with Crippen LogP contribution in [-0.4, -0.2) is 18.2 Å². The number of benzene rings is 1. The van der Waals surface area contributed by atoms with Gasteiger partial charge in [0.25, 0.3) is 0 Å². The number of rotatable bonds is 3. The minimum absolute atomic E-state index is 0.247. The molecule has 1 aromatic carbocycles. The molecule has 27 heavy (non-hydrogen) atoms. The molecular weight excluding hydrogens is 411 g/mol. The lowest BCUT2D eigenvalue weighted by atomic mass is 10.1. The summed E-state index contributed by atoms with van der Waals surface area (Å²) in [5, 5.41) is 4.37. The molecule has 0 saturated heterocycles. The largest absolute Gasteiger partial charge is 0.465 e. The van der Waals surface area contributed by atoms with Gasteiger partial charge in [0.1, 0.15) is 10.7 Å². The van der Waals surface area contributed by atoms with Crippen molar-refractivity contribution in [3.8, 4) is 0 Å². The van der Waals surface area contributed by atoms with Crippen molar-refractivity contribution in [1.29, 1.82) is 0 Å². The Bertz CT molecular complexity index is 932. The van der Waals surface area contributed by atoms with Gasteiger partial charge in [-0.3, -0.25) is 0 Å². The second-order valence-electron chi connectivity index (χ2n) is 5.58. The first-order chi connectivity index (χ1) is 12.8. The lowest BCUT2D eigenvalue weighted by molar-refractivity contribution is 0.0601. The second kappa shape index (κ2) is 7.39. The summed E-state index contributed by atoms with van der Waals surface area (Å²) in [6.45, 7) is 0. The summed E-state index contributed by atoms with van der Waals surface area (Å²) in [7, 11) is 1.20. The zero-order valence-electron chi connectivity index (χ0n) is 13.6. The molecule has 0 saturated carbocycles. The predicted octanol–water partition coefficient (Wildman–Crippen LogP) is 4.53. The van der Waals surface area contributed by atoms with Crippen molar-refractivity contribution in [1.82, 2.24) is 0 Å². The normalized spacial score (nSPS) is 12.7. The van der Waals surface area contributed by atoms with Crippen LogP contribution >= 0.6 is 23.6 Å². The molecule has 1 aliphatic rings. The summed E-state index contributed by atoms with van der Waals surface area (Å²) >= 11 is 6.12. The van der Waals surface area contributed by atoms with Gasteiger partial charge in [0.15, 0.2) is 28.4 Å². The van der Waals surface area contributed by atoms with Crippen LogP contribution in [0, 0.1) is 29.1 Å². The van der Waals surface area contributed by atoms with Gasteiger partial charge in [-0.25, -0.2) is 26.7 Å². The van der Waals surface area contributed by atoms with Crippen molar-refractivity contribution in [2.24, 2.45) is 0 Å². The summed E-state index contributed by atoms with van der Waals surface area (Å²) in [6.07, 6.45) is 2.29. The molecule has 0 fully saturated rings. The van der Waals surface area contributed by atoms with Crippen LogP contribution in [0.5, 0.6) is 0 Å². The van der Waals surface area contributed by atoms with Gasteiger partial charge >= 0.3 is 5.97 Å². The van der Waals surface area contributed by atoms with Gasteiger partial charge in [0, 0.05) is 4.88 Å². The first-order valence-corrected chi connectivity index (χ1v) is 8.81. The highest BCUT2D eigenvalue weighted by molar-refractivity contribution is 7.80. The fourth-order valence-electron chi connectivity index (χ4n) is 2.77. The highest BCUT2D eigenvalue weighted by Gasteiger charge is 2.29. The summed E-state index contributed by atoms with van der Waals surface area (Å²) in [5.74, 6) is -11.2. The number of anilines is 2. The zero-order chi connectivity index (χ0) is 19.9. The summed E-state index contributed by atoms with van der Waals surface area (Å²) in [6, 6.07) is 0. The smallest absolute Gasteiger partial charge is 0.341 e. The fourth-order valence-corrected chi connectivity index (χ4v) is 4.32. The number of carbonyl (C=O) groups is 1. The molecule has 1 heterocycles. The highest BCUT2D eigenvalue weighted by Crippen LogP contribution is 2.39. The quantitative estimate of drug-likeness (QED) is 0.250. The van der Waals surface area contributed by atoms with E-state index in [-0.39, 0.29) is 10.6 Å². The van der Waals surface area contributed by atoms with Crippen LogP contribution in [0.15, 0.2) is 0 Å². The molecule has 0 radical (unpaired) electrons. The van der Waals surface area contributed by atoms with Crippen LogP contribution in [0.2, 0.25) is 0 Å². The lowest BCUT2D eigenvalue weighted by Gasteiger charge is -2.13. The number of methoxy groups -OCH3 is 1. The highest BCUT2D eigenvalue weighted by atomic mass is 32.1. The molecule has 0 aliphatic heterocycles. The molecule has 1 aliphatic carbocycles. The molecule has 4 nitrogen and oxygen atoms in total. The molecule has 0 amide bonds. The van der Waals surface area contributed by atoms with Gasteiger partial charge in [-0.2, -0.15) is 0 Å². The Hall–Kier alpha value is -2.27. The van der Waals surface area contributed by atoms with Crippen molar-refractivity contribution in [2.45, 2.75) is 19.3 Å². The SMILES string of the molecule is COC(=O)c1c(NC(=S)Nc2c(F)c(F)c(F)c(F)c2F)sc2c1CCC2. The molecule has 1 aromatic heterocycles. The molecule has 144 valence electrons. The molecule has 0 spiro atoms. The van der Waals surface area contributed by atoms with Crippen LogP contribution in [-0.2, 0) is 17.6 Å². The van der Waals surface area contributed by atoms with E-state index in [4.69, 9.17) is 17.0 Å². The van der Waals surface area contributed by atoms with Crippen molar-refractivity contribution < 1.29 is 31.5 Å². The molecule has 0 unspecified atom stereocenters. The Labute approximate surface area is 159 Å². The number of hydrogen-bond donors (Lipinski definition) is 2.